The van der Waals surface area contributed by atoms with Gasteiger partial charge in [-0.05, 0) is 48.9 Å². The molecule has 3 rings (SSSR count). The minimum Gasteiger partial charge on any atom is -0.379 e. The van der Waals surface area contributed by atoms with E-state index in [2.05, 4.69) is 5.32 Å². The van der Waals surface area contributed by atoms with E-state index in [1.807, 2.05) is 0 Å². The molecule has 0 saturated heterocycles. The lowest BCUT2D eigenvalue weighted by Gasteiger charge is -2.09. The summed E-state index contributed by atoms with van der Waals surface area (Å²) in [5, 5.41) is 22.9. The van der Waals surface area contributed by atoms with Crippen LogP contribution in [0.4, 0.5) is 11.4 Å². The number of benzene rings is 3. The number of Topliss-reactive ketones (excluding diaryl/α,β-unsaturated/α-hetero) is 1. The summed E-state index contributed by atoms with van der Waals surface area (Å²) in [6, 6.07) is 18.1. The standard InChI is InChI=1S/C24H17N3O7S/c1-16(28)22-10-2-3-11-23(22)26-24(29)18(15-25)12-17-6-4-8-20(13-17)34-35(32,33)21-9-5-7-19(14-21)27(30)31/h2-14H,1H3,(H,26,29)/b18-12-. The summed E-state index contributed by atoms with van der Waals surface area (Å²) < 4.78 is 30.2. The Balaban J connectivity index is 1.85. The lowest BCUT2D eigenvalue weighted by molar-refractivity contribution is -0.385. The number of nitriles is 1. The number of hydrogen-bond donors (Lipinski definition) is 1. The first-order valence-electron chi connectivity index (χ1n) is 9.93. The van der Waals surface area contributed by atoms with Gasteiger partial charge in [0.1, 0.15) is 22.3 Å². The average molecular weight is 491 g/mol. The molecule has 0 bridgehead atoms. The maximum absolute atomic E-state index is 12.6. The first-order chi connectivity index (χ1) is 16.6. The number of nitrogens with one attached hydrogen (secondary N) is 1. The highest BCUT2D eigenvalue weighted by atomic mass is 32.2. The smallest absolute Gasteiger partial charge is 0.339 e. The van der Waals surface area contributed by atoms with Gasteiger partial charge in [-0.25, -0.2) is 0 Å². The summed E-state index contributed by atoms with van der Waals surface area (Å²) in [4.78, 5) is 34.2. The summed E-state index contributed by atoms with van der Waals surface area (Å²) in [5.41, 5.74) is 0.0823. The van der Waals surface area contributed by atoms with E-state index in [9.17, 15) is 33.4 Å². The average Bonchev–Trinajstić information content (AvgIpc) is 2.82. The molecule has 0 unspecified atom stereocenters. The first-order valence-corrected chi connectivity index (χ1v) is 11.3. The van der Waals surface area contributed by atoms with Gasteiger partial charge in [-0.2, -0.15) is 13.7 Å². The second-order valence-electron chi connectivity index (χ2n) is 7.09. The molecule has 0 aliphatic heterocycles. The minimum absolute atomic E-state index is 0.134. The number of amides is 1. The fourth-order valence-electron chi connectivity index (χ4n) is 2.99. The number of carbonyl (C=O) groups excluding carboxylic acids is 2. The first kappa shape index (κ1) is 24.8. The van der Waals surface area contributed by atoms with Crippen LogP contribution in [0.1, 0.15) is 22.8 Å². The van der Waals surface area contributed by atoms with Crippen molar-refractivity contribution in [3.63, 3.8) is 0 Å². The molecule has 10 nitrogen and oxygen atoms in total. The van der Waals surface area contributed by atoms with Crippen molar-refractivity contribution in [1.82, 2.24) is 0 Å². The normalized spacial score (nSPS) is 11.3. The van der Waals surface area contributed by atoms with Gasteiger partial charge in [-0.1, -0.05) is 30.3 Å². The number of hydrogen-bond acceptors (Lipinski definition) is 8. The SMILES string of the molecule is CC(=O)c1ccccc1NC(=O)/C(C#N)=C\c1cccc(OS(=O)(=O)c2cccc([N+](=O)[O-])c2)c1. The van der Waals surface area contributed by atoms with E-state index >= 15 is 0 Å². The Kier molecular flexibility index (Phi) is 7.38. The van der Waals surface area contributed by atoms with Crippen molar-refractivity contribution in [3.05, 3.63) is 99.6 Å². The molecule has 0 spiro atoms. The van der Waals surface area contributed by atoms with Gasteiger partial charge in [0.25, 0.3) is 11.6 Å². The predicted molar refractivity (Wildman–Crippen MR) is 126 cm³/mol. The van der Waals surface area contributed by atoms with E-state index in [0.29, 0.717) is 0 Å². The van der Waals surface area contributed by atoms with Crippen molar-refractivity contribution in [1.29, 1.82) is 5.26 Å². The monoisotopic (exact) mass is 491 g/mol. The lowest BCUT2D eigenvalue weighted by atomic mass is 10.1. The van der Waals surface area contributed by atoms with E-state index in [1.54, 1.807) is 18.2 Å². The molecule has 1 amide bonds. The van der Waals surface area contributed by atoms with Gasteiger partial charge in [-0.3, -0.25) is 19.7 Å². The molecule has 176 valence electrons. The second-order valence-corrected chi connectivity index (χ2v) is 8.64. The summed E-state index contributed by atoms with van der Waals surface area (Å²) >= 11 is 0. The number of anilines is 1. The third-order valence-corrected chi connectivity index (χ3v) is 5.85. The van der Waals surface area contributed by atoms with Crippen LogP contribution in [0.2, 0.25) is 0 Å². The molecule has 11 heteroatoms. The molecule has 0 atom stereocenters. The molecular formula is C24H17N3O7S. The van der Waals surface area contributed by atoms with Crippen LogP contribution in [0.25, 0.3) is 6.08 Å². The van der Waals surface area contributed by atoms with Gasteiger partial charge in [-0.15, -0.1) is 0 Å². The van der Waals surface area contributed by atoms with Crippen LogP contribution >= 0.6 is 0 Å². The third kappa shape index (κ3) is 6.16. The number of nitro benzene ring substituents is 1. The van der Waals surface area contributed by atoms with E-state index in [4.69, 9.17) is 4.18 Å². The quantitative estimate of drug-likeness (QED) is 0.123. The van der Waals surface area contributed by atoms with Crippen LogP contribution in [0.3, 0.4) is 0 Å². The Bertz CT molecular complexity index is 1510. The van der Waals surface area contributed by atoms with Crippen LogP contribution in [0.15, 0.2) is 83.3 Å². The van der Waals surface area contributed by atoms with E-state index in [1.165, 1.54) is 55.5 Å². The summed E-state index contributed by atoms with van der Waals surface area (Å²) in [6.45, 7) is 1.35. The van der Waals surface area contributed by atoms with Gasteiger partial charge >= 0.3 is 10.1 Å². The maximum atomic E-state index is 12.6. The highest BCUT2D eigenvalue weighted by molar-refractivity contribution is 7.87. The number of nitrogens with zero attached hydrogens (tertiary/aromatic N) is 2. The molecule has 0 saturated carbocycles. The highest BCUT2D eigenvalue weighted by Crippen LogP contribution is 2.24. The van der Waals surface area contributed by atoms with Crippen molar-refractivity contribution < 1.29 is 27.1 Å². The fourth-order valence-corrected chi connectivity index (χ4v) is 3.95. The number of nitro groups is 1. The molecular weight excluding hydrogens is 474 g/mol. The Morgan fingerprint density at radius 3 is 2.46 bits per heavy atom. The molecule has 0 fully saturated rings. The van der Waals surface area contributed by atoms with Crippen molar-refractivity contribution in [2.75, 3.05) is 5.32 Å². The van der Waals surface area contributed by atoms with Crippen molar-refractivity contribution in [2.45, 2.75) is 11.8 Å². The molecule has 3 aromatic carbocycles. The maximum Gasteiger partial charge on any atom is 0.339 e. The van der Waals surface area contributed by atoms with Crippen molar-refractivity contribution in [3.8, 4) is 11.8 Å². The molecule has 0 radical (unpaired) electrons. The molecule has 3 aromatic rings. The topological polar surface area (TPSA) is 156 Å². The zero-order valence-electron chi connectivity index (χ0n) is 18.2. The van der Waals surface area contributed by atoms with Gasteiger partial charge in [0, 0.05) is 17.7 Å². The number of carbonyl (C=O) groups is 2. The lowest BCUT2D eigenvalue weighted by Crippen LogP contribution is -2.15. The molecule has 0 heterocycles. The van der Waals surface area contributed by atoms with Gasteiger partial charge in [0.15, 0.2) is 5.78 Å². The van der Waals surface area contributed by atoms with E-state index < -0.39 is 31.5 Å². The molecule has 0 aromatic heterocycles. The zero-order chi connectivity index (χ0) is 25.6. The Labute approximate surface area is 200 Å². The zero-order valence-corrected chi connectivity index (χ0v) is 19.0. The summed E-state index contributed by atoms with van der Waals surface area (Å²) in [7, 11) is -4.39. The molecule has 0 aliphatic carbocycles. The van der Waals surface area contributed by atoms with Crippen LogP contribution in [0, 0.1) is 21.4 Å². The van der Waals surface area contributed by atoms with Crippen molar-refractivity contribution >= 4 is 39.3 Å². The fraction of sp³-hybridized carbons (Fsp3) is 0.0417. The third-order valence-electron chi connectivity index (χ3n) is 4.61. The molecule has 35 heavy (non-hydrogen) atoms. The van der Waals surface area contributed by atoms with Gasteiger partial charge in [0.05, 0.1) is 10.6 Å². The Morgan fingerprint density at radius 1 is 1.06 bits per heavy atom. The number of non-ortho nitro benzene ring substituents is 1. The number of para-hydroxylation sites is 1. The molecule has 0 aliphatic rings. The van der Waals surface area contributed by atoms with E-state index in [0.717, 1.165) is 18.2 Å². The minimum atomic E-state index is -4.39. The molecule has 1 N–H and O–H groups in total. The highest BCUT2D eigenvalue weighted by Gasteiger charge is 2.20. The Hall–Kier alpha value is -4.82. The van der Waals surface area contributed by atoms with Crippen LogP contribution in [0.5, 0.6) is 5.75 Å². The van der Waals surface area contributed by atoms with Crippen LogP contribution in [-0.4, -0.2) is 25.0 Å². The summed E-state index contributed by atoms with van der Waals surface area (Å²) in [5.74, 6) is -1.17. The van der Waals surface area contributed by atoms with Crippen molar-refractivity contribution in [2.24, 2.45) is 0 Å². The van der Waals surface area contributed by atoms with Gasteiger partial charge in [0.2, 0.25) is 0 Å². The number of ketones is 1. The Morgan fingerprint density at radius 2 is 1.77 bits per heavy atom. The van der Waals surface area contributed by atoms with E-state index in [-0.39, 0.29) is 33.9 Å². The second kappa shape index (κ2) is 10.4. The predicted octanol–water partition coefficient (Wildman–Crippen LogP) is 4.11. The number of rotatable bonds is 8. The van der Waals surface area contributed by atoms with Gasteiger partial charge < -0.3 is 9.50 Å². The summed E-state index contributed by atoms with van der Waals surface area (Å²) in [6.07, 6.45) is 1.22. The van der Waals surface area contributed by atoms with Crippen LogP contribution in [-0.2, 0) is 14.9 Å². The van der Waals surface area contributed by atoms with Crippen LogP contribution < -0.4 is 9.50 Å². The largest absolute Gasteiger partial charge is 0.379 e.